The molecular weight excluding hydrogens is 276 g/mol. The summed E-state index contributed by atoms with van der Waals surface area (Å²) in [5, 5.41) is 31.3. The van der Waals surface area contributed by atoms with Gasteiger partial charge in [-0.15, -0.1) is 0 Å². The van der Waals surface area contributed by atoms with Crippen LogP contribution in [0.15, 0.2) is 18.5 Å². The molecule has 8 nitrogen and oxygen atoms in total. The van der Waals surface area contributed by atoms with Gasteiger partial charge in [0, 0.05) is 17.8 Å². The monoisotopic (exact) mass is 294 g/mol. The number of fused-ring (bicyclic) bond motifs is 1. The molecule has 0 spiro atoms. The highest BCUT2D eigenvalue weighted by molar-refractivity contribution is 5.73. The molecule has 6 N–H and O–H groups in total. The van der Waals surface area contributed by atoms with E-state index in [-0.39, 0.29) is 5.82 Å². The van der Waals surface area contributed by atoms with Crippen molar-refractivity contribution in [3.8, 4) is 0 Å². The molecule has 1 aliphatic rings. The number of aromatic amines is 1. The van der Waals surface area contributed by atoms with Crippen LogP contribution in [0, 0.1) is 0 Å². The average Bonchev–Trinajstić information content (AvgIpc) is 2.96. The summed E-state index contributed by atoms with van der Waals surface area (Å²) in [4.78, 5) is 11.4. The average molecular weight is 294 g/mol. The first-order valence-corrected chi connectivity index (χ1v) is 6.62. The van der Waals surface area contributed by atoms with E-state index in [9.17, 15) is 15.3 Å². The highest BCUT2D eigenvalue weighted by atomic mass is 16.6. The lowest BCUT2D eigenvalue weighted by Gasteiger charge is -2.31. The fourth-order valence-corrected chi connectivity index (χ4v) is 2.61. The highest BCUT2D eigenvalue weighted by Crippen LogP contribution is 2.45. The molecule has 5 atom stereocenters. The van der Waals surface area contributed by atoms with Gasteiger partial charge in [0.05, 0.1) is 6.10 Å². The number of nitrogens with one attached hydrogen (secondary N) is 1. The van der Waals surface area contributed by atoms with Gasteiger partial charge in [0.15, 0.2) is 17.7 Å². The summed E-state index contributed by atoms with van der Waals surface area (Å²) in [6.07, 6.45) is -0.427. The van der Waals surface area contributed by atoms with Crippen LogP contribution in [0.1, 0.15) is 25.8 Å². The van der Waals surface area contributed by atoms with Gasteiger partial charge in [-0.1, -0.05) is 0 Å². The molecule has 2 aromatic heterocycles. The molecule has 0 radical (unpaired) electrons. The first kappa shape index (κ1) is 14.4. The Kier molecular flexibility index (Phi) is 3.05. The van der Waals surface area contributed by atoms with Crippen LogP contribution in [0.5, 0.6) is 0 Å². The summed E-state index contributed by atoms with van der Waals surface area (Å²) < 4.78 is 5.54. The molecule has 1 aliphatic heterocycles. The molecule has 3 heterocycles. The summed E-state index contributed by atoms with van der Waals surface area (Å²) >= 11 is 0. The van der Waals surface area contributed by atoms with E-state index in [0.717, 1.165) is 5.39 Å². The van der Waals surface area contributed by atoms with Crippen LogP contribution in [0.4, 0.5) is 0 Å². The third kappa shape index (κ3) is 1.95. The normalized spacial score (nSPS) is 38.0. The van der Waals surface area contributed by atoms with Gasteiger partial charge in [0.1, 0.15) is 17.4 Å². The Labute approximate surface area is 120 Å². The summed E-state index contributed by atoms with van der Waals surface area (Å²) in [6, 6.07) is 1.81. The van der Waals surface area contributed by atoms with E-state index in [0.29, 0.717) is 5.65 Å². The zero-order valence-electron chi connectivity index (χ0n) is 11.7. The molecule has 21 heavy (non-hydrogen) atoms. The Bertz CT molecular complexity index is 671. The minimum Gasteiger partial charge on any atom is -0.389 e. The SMILES string of the molecule is CC(O)[C@@]1(N)OC(c2ncc3cc[nH]c3n2)[C@](C)(O)[C@@H]1O. The van der Waals surface area contributed by atoms with Crippen LogP contribution in [0.25, 0.3) is 11.0 Å². The van der Waals surface area contributed by atoms with Gasteiger partial charge in [-0.2, -0.15) is 0 Å². The smallest absolute Gasteiger partial charge is 0.172 e. The molecule has 0 aromatic carbocycles. The molecule has 0 aliphatic carbocycles. The lowest BCUT2D eigenvalue weighted by Crippen LogP contribution is -2.60. The number of nitrogens with two attached hydrogens (primary N) is 1. The standard InChI is InChI=1S/C13H18N4O4/c1-6(18)13(14)11(19)12(2,20)8(21-13)10-16-5-7-3-4-15-9(7)17-10/h3-6,8,11,18-20H,14H2,1-2H3,(H,15,16,17)/t6?,8?,11-,12-,13+/m0/s1. The van der Waals surface area contributed by atoms with Crippen molar-refractivity contribution in [3.05, 3.63) is 24.3 Å². The van der Waals surface area contributed by atoms with E-state index >= 15 is 0 Å². The molecule has 1 saturated heterocycles. The van der Waals surface area contributed by atoms with Crippen molar-refractivity contribution < 1.29 is 20.1 Å². The van der Waals surface area contributed by atoms with E-state index in [1.54, 1.807) is 12.4 Å². The predicted octanol–water partition coefficient (Wildman–Crippen LogP) is -0.823. The second-order valence-electron chi connectivity index (χ2n) is 5.67. The molecule has 114 valence electrons. The molecule has 2 unspecified atom stereocenters. The van der Waals surface area contributed by atoms with Crippen LogP contribution >= 0.6 is 0 Å². The maximum absolute atomic E-state index is 10.5. The number of hydrogen-bond acceptors (Lipinski definition) is 7. The predicted molar refractivity (Wildman–Crippen MR) is 72.9 cm³/mol. The largest absolute Gasteiger partial charge is 0.389 e. The molecule has 3 rings (SSSR count). The van der Waals surface area contributed by atoms with E-state index in [2.05, 4.69) is 15.0 Å². The van der Waals surface area contributed by atoms with Gasteiger partial charge in [-0.25, -0.2) is 9.97 Å². The molecule has 2 aromatic rings. The number of aliphatic hydroxyl groups is 3. The summed E-state index contributed by atoms with van der Waals surface area (Å²) in [6.45, 7) is 2.76. The second-order valence-corrected chi connectivity index (χ2v) is 5.67. The van der Waals surface area contributed by atoms with Crippen LogP contribution in [-0.4, -0.2) is 53.8 Å². The molecular formula is C13H18N4O4. The Morgan fingerprint density at radius 3 is 2.86 bits per heavy atom. The number of ether oxygens (including phenoxy) is 1. The van der Waals surface area contributed by atoms with Gasteiger partial charge in [-0.3, -0.25) is 5.73 Å². The number of aromatic nitrogens is 3. The summed E-state index contributed by atoms with van der Waals surface area (Å²) in [5.74, 6) is 0.182. The summed E-state index contributed by atoms with van der Waals surface area (Å²) in [5.41, 5.74) is 2.96. The third-order valence-corrected chi connectivity index (χ3v) is 4.04. The Hall–Kier alpha value is -1.58. The van der Waals surface area contributed by atoms with Gasteiger partial charge in [0.25, 0.3) is 0 Å². The van der Waals surface area contributed by atoms with Gasteiger partial charge in [0.2, 0.25) is 0 Å². The van der Waals surface area contributed by atoms with E-state index < -0.39 is 29.6 Å². The zero-order chi connectivity index (χ0) is 15.4. The van der Waals surface area contributed by atoms with Crippen LogP contribution < -0.4 is 5.73 Å². The van der Waals surface area contributed by atoms with Gasteiger partial charge >= 0.3 is 0 Å². The van der Waals surface area contributed by atoms with Crippen molar-refractivity contribution >= 4 is 11.0 Å². The van der Waals surface area contributed by atoms with E-state index in [1.807, 2.05) is 6.07 Å². The topological polar surface area (TPSA) is 138 Å². The molecule has 1 fully saturated rings. The number of H-pyrrole nitrogens is 1. The quantitative estimate of drug-likeness (QED) is 0.487. The van der Waals surface area contributed by atoms with Crippen molar-refractivity contribution in [2.45, 2.75) is 43.5 Å². The minimum absolute atomic E-state index is 0.182. The number of nitrogens with zero attached hydrogens (tertiary/aromatic N) is 2. The first-order valence-electron chi connectivity index (χ1n) is 6.62. The first-order chi connectivity index (χ1) is 9.76. The second kappa shape index (κ2) is 4.46. The lowest BCUT2D eigenvalue weighted by atomic mass is 9.88. The van der Waals surface area contributed by atoms with Gasteiger partial charge in [-0.05, 0) is 19.9 Å². The fourth-order valence-electron chi connectivity index (χ4n) is 2.61. The van der Waals surface area contributed by atoms with Crippen LogP contribution in [0.2, 0.25) is 0 Å². The van der Waals surface area contributed by atoms with Crippen molar-refractivity contribution in [1.29, 1.82) is 0 Å². The Balaban J connectivity index is 2.05. The fraction of sp³-hybridized carbons (Fsp3) is 0.538. The van der Waals surface area contributed by atoms with E-state index in [1.165, 1.54) is 13.8 Å². The van der Waals surface area contributed by atoms with E-state index in [4.69, 9.17) is 10.5 Å². The Morgan fingerprint density at radius 1 is 1.52 bits per heavy atom. The lowest BCUT2D eigenvalue weighted by molar-refractivity contribution is -0.143. The van der Waals surface area contributed by atoms with Crippen molar-refractivity contribution in [2.75, 3.05) is 0 Å². The minimum atomic E-state index is -1.79. The highest BCUT2D eigenvalue weighted by Gasteiger charge is 2.62. The van der Waals surface area contributed by atoms with Crippen molar-refractivity contribution in [3.63, 3.8) is 0 Å². The molecule has 0 saturated carbocycles. The molecule has 8 heteroatoms. The number of aliphatic hydroxyl groups excluding tert-OH is 2. The number of rotatable bonds is 2. The molecule has 0 bridgehead atoms. The maximum Gasteiger partial charge on any atom is 0.172 e. The van der Waals surface area contributed by atoms with Crippen LogP contribution in [-0.2, 0) is 4.74 Å². The number of hydrogen-bond donors (Lipinski definition) is 5. The third-order valence-electron chi connectivity index (χ3n) is 4.04. The molecule has 0 amide bonds. The van der Waals surface area contributed by atoms with Gasteiger partial charge < -0.3 is 25.0 Å². The summed E-state index contributed by atoms with van der Waals surface area (Å²) in [7, 11) is 0. The maximum atomic E-state index is 10.5. The van der Waals surface area contributed by atoms with Crippen molar-refractivity contribution in [1.82, 2.24) is 15.0 Å². The van der Waals surface area contributed by atoms with Crippen molar-refractivity contribution in [2.24, 2.45) is 5.73 Å². The Morgan fingerprint density at radius 2 is 2.24 bits per heavy atom. The zero-order valence-corrected chi connectivity index (χ0v) is 11.7. The van der Waals surface area contributed by atoms with Crippen LogP contribution in [0.3, 0.4) is 0 Å².